The minimum Gasteiger partial charge on any atom is -0.305 e. The topological polar surface area (TPSA) is 47.8 Å². The molecule has 3 rings (SSSR count). The number of benzene rings is 2. The minimum absolute atomic E-state index is 0.0201. The highest BCUT2D eigenvalue weighted by Gasteiger charge is 2.20. The molecule has 0 aliphatic heterocycles. The van der Waals surface area contributed by atoms with Crippen LogP contribution in [0.5, 0.6) is 0 Å². The van der Waals surface area contributed by atoms with E-state index in [2.05, 4.69) is 10.2 Å². The molecule has 0 saturated heterocycles. The van der Waals surface area contributed by atoms with Crippen LogP contribution in [-0.4, -0.2) is 25.8 Å². The number of aromatic nitrogens is 3. The number of ketones is 1. The zero-order valence-corrected chi connectivity index (χ0v) is 14.9. The average molecular weight is 358 g/mol. The molecule has 0 spiro atoms. The van der Waals surface area contributed by atoms with E-state index in [1.807, 2.05) is 48.9 Å². The van der Waals surface area contributed by atoms with Gasteiger partial charge in [0.2, 0.25) is 0 Å². The molecule has 0 fully saturated rings. The molecule has 6 heteroatoms. The normalized spacial score (nSPS) is 12.1. The molecular weight excluding hydrogens is 342 g/mol. The fourth-order valence-electron chi connectivity index (χ4n) is 2.34. The van der Waals surface area contributed by atoms with E-state index in [0.29, 0.717) is 15.7 Å². The van der Waals surface area contributed by atoms with Crippen molar-refractivity contribution in [1.82, 2.24) is 14.8 Å². The molecule has 122 valence electrons. The Balaban J connectivity index is 1.79. The van der Waals surface area contributed by atoms with Crippen LogP contribution in [0.3, 0.4) is 0 Å². The van der Waals surface area contributed by atoms with Gasteiger partial charge in [0, 0.05) is 23.2 Å². The third kappa shape index (κ3) is 3.52. The molecule has 24 heavy (non-hydrogen) atoms. The molecule has 0 N–H and O–H groups in total. The maximum absolute atomic E-state index is 12.6. The number of halogens is 1. The van der Waals surface area contributed by atoms with E-state index in [0.717, 1.165) is 11.4 Å². The van der Waals surface area contributed by atoms with Crippen LogP contribution in [0.2, 0.25) is 5.02 Å². The molecule has 0 radical (unpaired) electrons. The lowest BCUT2D eigenvalue weighted by atomic mass is 10.1. The van der Waals surface area contributed by atoms with Gasteiger partial charge in [-0.15, -0.1) is 10.2 Å². The summed E-state index contributed by atoms with van der Waals surface area (Å²) in [6, 6.07) is 16.8. The molecule has 4 nitrogen and oxygen atoms in total. The summed E-state index contributed by atoms with van der Waals surface area (Å²) < 4.78 is 1.90. The first-order valence-electron chi connectivity index (χ1n) is 7.47. The monoisotopic (exact) mass is 357 g/mol. The lowest BCUT2D eigenvalue weighted by Gasteiger charge is -2.10. The number of carbonyl (C=O) groups is 1. The predicted octanol–water partition coefficient (Wildman–Crippen LogP) is 4.50. The number of Topliss-reactive ketones (excluding diaryl/α,β-unsaturated/α-hetero) is 1. The van der Waals surface area contributed by atoms with Gasteiger partial charge in [-0.25, -0.2) is 0 Å². The van der Waals surface area contributed by atoms with Crippen molar-refractivity contribution in [1.29, 1.82) is 0 Å². The second-order valence-electron chi connectivity index (χ2n) is 5.37. The van der Waals surface area contributed by atoms with Crippen LogP contribution in [0.4, 0.5) is 0 Å². The molecular formula is C18H16ClN3OS. The largest absolute Gasteiger partial charge is 0.305 e. The molecule has 0 saturated carbocycles. The fraction of sp³-hybridized carbons (Fsp3) is 0.167. The van der Waals surface area contributed by atoms with Gasteiger partial charge in [-0.1, -0.05) is 65.8 Å². The Morgan fingerprint density at radius 2 is 1.88 bits per heavy atom. The number of nitrogens with zero attached hydrogens (tertiary/aromatic N) is 3. The van der Waals surface area contributed by atoms with Gasteiger partial charge in [-0.2, -0.15) is 0 Å². The summed E-state index contributed by atoms with van der Waals surface area (Å²) in [4.78, 5) is 12.6. The van der Waals surface area contributed by atoms with E-state index in [1.165, 1.54) is 11.8 Å². The highest BCUT2D eigenvalue weighted by Crippen LogP contribution is 2.27. The SMILES string of the molecule is CC(Sc1nnc(-c2ccccc2)n1C)C(=O)c1cccc(Cl)c1. The molecule has 0 aliphatic carbocycles. The summed E-state index contributed by atoms with van der Waals surface area (Å²) in [5.41, 5.74) is 1.60. The van der Waals surface area contributed by atoms with Gasteiger partial charge in [0.25, 0.3) is 0 Å². The van der Waals surface area contributed by atoms with Gasteiger partial charge in [-0.05, 0) is 19.1 Å². The number of rotatable bonds is 5. The summed E-state index contributed by atoms with van der Waals surface area (Å²) in [6.45, 7) is 1.87. The molecule has 0 amide bonds. The standard InChI is InChI=1S/C18H16ClN3OS/c1-12(16(23)14-9-6-10-15(19)11-14)24-18-21-20-17(22(18)2)13-7-4-3-5-8-13/h3-12H,1-2H3. The van der Waals surface area contributed by atoms with Gasteiger partial charge < -0.3 is 4.57 Å². The molecule has 1 atom stereocenters. The second kappa shape index (κ2) is 7.20. The lowest BCUT2D eigenvalue weighted by molar-refractivity contribution is 0.0994. The smallest absolute Gasteiger partial charge is 0.191 e. The van der Waals surface area contributed by atoms with Crippen LogP contribution >= 0.6 is 23.4 Å². The van der Waals surface area contributed by atoms with E-state index in [9.17, 15) is 4.79 Å². The van der Waals surface area contributed by atoms with E-state index in [1.54, 1.807) is 24.3 Å². The fourth-order valence-corrected chi connectivity index (χ4v) is 3.43. The summed E-state index contributed by atoms with van der Waals surface area (Å²) in [6.07, 6.45) is 0. The van der Waals surface area contributed by atoms with Crippen molar-refractivity contribution < 1.29 is 4.79 Å². The van der Waals surface area contributed by atoms with E-state index >= 15 is 0 Å². The molecule has 2 aromatic carbocycles. The van der Waals surface area contributed by atoms with Crippen LogP contribution < -0.4 is 0 Å². The Hall–Kier alpha value is -2.11. The summed E-state index contributed by atoms with van der Waals surface area (Å²) in [7, 11) is 1.90. The zero-order chi connectivity index (χ0) is 17.1. The second-order valence-corrected chi connectivity index (χ2v) is 7.11. The van der Waals surface area contributed by atoms with Crippen molar-refractivity contribution in [3.05, 3.63) is 65.2 Å². The third-order valence-corrected chi connectivity index (χ3v) is 5.00. The number of thioether (sulfide) groups is 1. The van der Waals surface area contributed by atoms with Crippen molar-refractivity contribution in [2.24, 2.45) is 7.05 Å². The maximum Gasteiger partial charge on any atom is 0.191 e. The van der Waals surface area contributed by atoms with Gasteiger partial charge >= 0.3 is 0 Å². The Labute approximate surface area is 149 Å². The van der Waals surface area contributed by atoms with Crippen molar-refractivity contribution in [3.8, 4) is 11.4 Å². The Kier molecular flexibility index (Phi) is 5.02. The van der Waals surface area contributed by atoms with Crippen molar-refractivity contribution in [2.75, 3.05) is 0 Å². The van der Waals surface area contributed by atoms with Gasteiger partial charge in [-0.3, -0.25) is 4.79 Å². The summed E-state index contributed by atoms with van der Waals surface area (Å²) in [5.74, 6) is 0.798. The van der Waals surface area contributed by atoms with Gasteiger partial charge in [0.15, 0.2) is 16.8 Å². The van der Waals surface area contributed by atoms with Crippen LogP contribution in [0.1, 0.15) is 17.3 Å². The molecule has 0 aliphatic rings. The van der Waals surface area contributed by atoms with Crippen LogP contribution in [0.15, 0.2) is 59.8 Å². The van der Waals surface area contributed by atoms with Crippen molar-refractivity contribution in [3.63, 3.8) is 0 Å². The highest BCUT2D eigenvalue weighted by molar-refractivity contribution is 8.00. The van der Waals surface area contributed by atoms with Crippen LogP contribution in [0, 0.1) is 0 Å². The highest BCUT2D eigenvalue weighted by atomic mass is 35.5. The third-order valence-electron chi connectivity index (χ3n) is 3.63. The Morgan fingerprint density at radius 3 is 2.58 bits per heavy atom. The lowest BCUT2D eigenvalue weighted by Crippen LogP contribution is -2.14. The first kappa shape index (κ1) is 16.7. The molecule has 1 unspecified atom stereocenters. The number of carbonyl (C=O) groups excluding carboxylic acids is 1. The number of hydrogen-bond acceptors (Lipinski definition) is 4. The zero-order valence-electron chi connectivity index (χ0n) is 13.3. The van der Waals surface area contributed by atoms with Crippen LogP contribution in [-0.2, 0) is 7.05 Å². The summed E-state index contributed by atoms with van der Waals surface area (Å²) >= 11 is 7.36. The minimum atomic E-state index is -0.282. The first-order chi connectivity index (χ1) is 11.6. The first-order valence-corrected chi connectivity index (χ1v) is 8.73. The molecule has 1 heterocycles. The number of hydrogen-bond donors (Lipinski definition) is 0. The quantitative estimate of drug-likeness (QED) is 0.498. The molecule has 0 bridgehead atoms. The maximum atomic E-state index is 12.6. The van der Waals surface area contributed by atoms with E-state index in [4.69, 9.17) is 11.6 Å². The Morgan fingerprint density at radius 1 is 1.12 bits per heavy atom. The van der Waals surface area contributed by atoms with E-state index in [-0.39, 0.29) is 11.0 Å². The van der Waals surface area contributed by atoms with Crippen molar-refractivity contribution >= 4 is 29.1 Å². The van der Waals surface area contributed by atoms with Crippen LogP contribution in [0.25, 0.3) is 11.4 Å². The summed E-state index contributed by atoms with van der Waals surface area (Å²) in [5, 5.41) is 9.45. The molecule has 3 aromatic rings. The van der Waals surface area contributed by atoms with E-state index < -0.39 is 0 Å². The Bertz CT molecular complexity index is 864. The predicted molar refractivity (Wildman–Crippen MR) is 97.5 cm³/mol. The van der Waals surface area contributed by atoms with Gasteiger partial charge in [0.1, 0.15) is 0 Å². The van der Waals surface area contributed by atoms with Gasteiger partial charge in [0.05, 0.1) is 5.25 Å². The average Bonchev–Trinajstić information content (AvgIpc) is 2.95. The molecule has 1 aromatic heterocycles. The van der Waals surface area contributed by atoms with Crippen molar-refractivity contribution in [2.45, 2.75) is 17.3 Å².